The number of aliphatic hydroxyl groups excluding tert-OH is 1. The Balaban J connectivity index is 4.07. The number of esters is 1. The number of hydrogen-bond donors (Lipinski definition) is 1. The highest BCUT2D eigenvalue weighted by atomic mass is 16.6. The first-order chi connectivity index (χ1) is 6.10. The van der Waals surface area contributed by atoms with Crippen molar-refractivity contribution in [2.75, 3.05) is 7.11 Å². The van der Waals surface area contributed by atoms with Gasteiger partial charge in [0.15, 0.2) is 6.10 Å². The van der Waals surface area contributed by atoms with Crippen molar-refractivity contribution >= 4 is 5.97 Å². The summed E-state index contributed by atoms with van der Waals surface area (Å²) in [5.74, 6) is 4.60. The third kappa shape index (κ3) is 6.14. The molecule has 0 fully saturated rings. The number of rotatable bonds is 3. The quantitative estimate of drug-likeness (QED) is 0.391. The van der Waals surface area contributed by atoms with Gasteiger partial charge in [-0.05, 0) is 12.3 Å². The zero-order valence-electron chi connectivity index (χ0n) is 8.03. The van der Waals surface area contributed by atoms with Crippen LogP contribution in [0.25, 0.3) is 0 Å². The molecule has 0 aliphatic rings. The first kappa shape index (κ1) is 11.9. The third-order valence-electron chi connectivity index (χ3n) is 1.27. The van der Waals surface area contributed by atoms with Crippen molar-refractivity contribution in [3.05, 3.63) is 0 Å². The average Bonchev–Trinajstić information content (AvgIpc) is 2.10. The van der Waals surface area contributed by atoms with Gasteiger partial charge in [-0.2, -0.15) is 0 Å². The summed E-state index contributed by atoms with van der Waals surface area (Å²) in [5, 5.41) is 8.90. The average molecular weight is 186 g/mol. The first-order valence-corrected chi connectivity index (χ1v) is 3.99. The van der Waals surface area contributed by atoms with Crippen LogP contribution in [0.15, 0.2) is 0 Å². The van der Waals surface area contributed by atoms with Crippen LogP contribution >= 0.6 is 0 Å². The molecule has 0 bridgehead atoms. The molecule has 2 unspecified atom stereocenters. The summed E-state index contributed by atoms with van der Waals surface area (Å²) in [4.78, 5) is 10.5. The molecule has 0 rings (SSSR count). The zero-order chi connectivity index (χ0) is 10.3. The molecule has 2 atom stereocenters. The van der Waals surface area contributed by atoms with Crippen molar-refractivity contribution in [1.29, 1.82) is 0 Å². The van der Waals surface area contributed by atoms with E-state index in [1.54, 1.807) is 0 Å². The minimum Gasteiger partial charge on any atom is -0.449 e. The molecule has 0 saturated heterocycles. The van der Waals surface area contributed by atoms with Gasteiger partial charge >= 0.3 is 5.97 Å². The second kappa shape index (κ2) is 6.46. The highest BCUT2D eigenvalue weighted by Gasteiger charge is 2.05. The maximum absolute atomic E-state index is 10.5. The minimum atomic E-state index is -1.12. The van der Waals surface area contributed by atoms with Crippen molar-refractivity contribution in [1.82, 2.24) is 0 Å². The van der Waals surface area contributed by atoms with Crippen LogP contribution in [0.4, 0.5) is 0 Å². The van der Waals surface area contributed by atoms with Crippen LogP contribution in [0.5, 0.6) is 0 Å². The summed E-state index contributed by atoms with van der Waals surface area (Å²) < 4.78 is 9.31. The molecular formula is C9H14O4. The van der Waals surface area contributed by atoms with Crippen LogP contribution in [-0.2, 0) is 14.3 Å². The van der Waals surface area contributed by atoms with E-state index in [1.807, 2.05) is 6.92 Å². The molecular weight excluding hydrogens is 172 g/mol. The number of aliphatic hydroxyl groups is 1. The second-order valence-electron chi connectivity index (χ2n) is 2.38. The summed E-state index contributed by atoms with van der Waals surface area (Å²) in [6.45, 7) is 3.15. The highest BCUT2D eigenvalue weighted by Crippen LogP contribution is 1.96. The van der Waals surface area contributed by atoms with Gasteiger partial charge in [0, 0.05) is 14.0 Å². The summed E-state index contributed by atoms with van der Waals surface area (Å²) in [6, 6.07) is 0. The molecule has 0 aliphatic carbocycles. The predicted octanol–water partition coefficient (Wildman–Crippen LogP) is 0.296. The molecule has 0 saturated carbocycles. The summed E-state index contributed by atoms with van der Waals surface area (Å²) in [5.41, 5.74) is 0. The van der Waals surface area contributed by atoms with Crippen LogP contribution in [0.3, 0.4) is 0 Å². The van der Waals surface area contributed by atoms with Gasteiger partial charge < -0.3 is 14.6 Å². The standard InChI is InChI=1S/C9H14O4/c1-4-8(13-7(2)10)5-6-9(11)12-3/h8-9,11H,4H2,1-3H3. The summed E-state index contributed by atoms with van der Waals surface area (Å²) >= 11 is 0. The Labute approximate surface area is 77.8 Å². The molecule has 4 nitrogen and oxygen atoms in total. The van der Waals surface area contributed by atoms with Crippen LogP contribution in [0.2, 0.25) is 0 Å². The fourth-order valence-electron chi connectivity index (χ4n) is 0.638. The van der Waals surface area contributed by atoms with Gasteiger partial charge in [0.2, 0.25) is 6.29 Å². The molecule has 0 aromatic rings. The highest BCUT2D eigenvalue weighted by molar-refractivity contribution is 5.66. The molecule has 0 aromatic carbocycles. The summed E-state index contributed by atoms with van der Waals surface area (Å²) in [6.07, 6.45) is -1.00. The Hall–Kier alpha value is -1.05. The lowest BCUT2D eigenvalue weighted by molar-refractivity contribution is -0.143. The van der Waals surface area contributed by atoms with Crippen molar-refractivity contribution in [2.24, 2.45) is 0 Å². The molecule has 0 aliphatic heterocycles. The van der Waals surface area contributed by atoms with Gasteiger partial charge in [-0.25, -0.2) is 0 Å². The van der Waals surface area contributed by atoms with Crippen LogP contribution in [-0.4, -0.2) is 30.6 Å². The maximum atomic E-state index is 10.5. The second-order valence-corrected chi connectivity index (χ2v) is 2.38. The Morgan fingerprint density at radius 3 is 2.54 bits per heavy atom. The maximum Gasteiger partial charge on any atom is 0.303 e. The van der Waals surface area contributed by atoms with E-state index in [0.29, 0.717) is 6.42 Å². The normalized spacial score (nSPS) is 13.8. The lowest BCUT2D eigenvalue weighted by atomic mass is 10.3. The number of methoxy groups -OCH3 is 1. The van der Waals surface area contributed by atoms with E-state index in [2.05, 4.69) is 16.6 Å². The Morgan fingerprint density at radius 1 is 1.54 bits per heavy atom. The van der Waals surface area contributed by atoms with Crippen molar-refractivity contribution in [2.45, 2.75) is 32.7 Å². The van der Waals surface area contributed by atoms with Crippen LogP contribution in [0, 0.1) is 11.8 Å². The Morgan fingerprint density at radius 2 is 2.15 bits per heavy atom. The SMILES string of the molecule is CCC(C#CC(O)OC)OC(C)=O. The molecule has 0 spiro atoms. The van der Waals surface area contributed by atoms with Gasteiger partial charge in [-0.15, -0.1) is 0 Å². The zero-order valence-corrected chi connectivity index (χ0v) is 8.03. The molecule has 0 heterocycles. The van der Waals surface area contributed by atoms with Crippen molar-refractivity contribution in [3.8, 4) is 11.8 Å². The van der Waals surface area contributed by atoms with E-state index in [4.69, 9.17) is 9.84 Å². The van der Waals surface area contributed by atoms with Crippen molar-refractivity contribution < 1.29 is 19.4 Å². The molecule has 0 aromatic heterocycles. The fraction of sp³-hybridized carbons (Fsp3) is 0.667. The first-order valence-electron chi connectivity index (χ1n) is 3.99. The Kier molecular flexibility index (Phi) is 5.94. The van der Waals surface area contributed by atoms with E-state index < -0.39 is 12.4 Å². The van der Waals surface area contributed by atoms with Crippen LogP contribution < -0.4 is 0 Å². The summed E-state index contributed by atoms with van der Waals surface area (Å²) in [7, 11) is 1.34. The number of ether oxygens (including phenoxy) is 2. The van der Waals surface area contributed by atoms with E-state index in [-0.39, 0.29) is 5.97 Å². The monoisotopic (exact) mass is 186 g/mol. The smallest absolute Gasteiger partial charge is 0.303 e. The lowest BCUT2D eigenvalue weighted by Gasteiger charge is -2.07. The van der Waals surface area contributed by atoms with Gasteiger partial charge in [-0.3, -0.25) is 4.79 Å². The van der Waals surface area contributed by atoms with Gasteiger partial charge in [0.05, 0.1) is 0 Å². The van der Waals surface area contributed by atoms with Gasteiger partial charge in [0.1, 0.15) is 0 Å². The molecule has 4 heteroatoms. The largest absolute Gasteiger partial charge is 0.449 e. The predicted molar refractivity (Wildman–Crippen MR) is 46.6 cm³/mol. The van der Waals surface area contributed by atoms with Crippen LogP contribution in [0.1, 0.15) is 20.3 Å². The number of hydrogen-bond acceptors (Lipinski definition) is 4. The number of carbonyl (C=O) groups excluding carboxylic acids is 1. The molecule has 1 N–H and O–H groups in total. The molecule has 0 amide bonds. The topological polar surface area (TPSA) is 55.8 Å². The van der Waals surface area contributed by atoms with E-state index in [9.17, 15) is 4.79 Å². The molecule has 13 heavy (non-hydrogen) atoms. The van der Waals surface area contributed by atoms with Crippen molar-refractivity contribution in [3.63, 3.8) is 0 Å². The fourth-order valence-corrected chi connectivity index (χ4v) is 0.638. The minimum absolute atomic E-state index is 0.381. The van der Waals surface area contributed by atoms with E-state index in [0.717, 1.165) is 0 Å². The third-order valence-corrected chi connectivity index (χ3v) is 1.27. The Bertz CT molecular complexity index is 213. The van der Waals surface area contributed by atoms with E-state index >= 15 is 0 Å². The number of carbonyl (C=O) groups is 1. The molecule has 74 valence electrons. The van der Waals surface area contributed by atoms with Gasteiger partial charge in [0.25, 0.3) is 0 Å². The lowest BCUT2D eigenvalue weighted by Crippen LogP contribution is -2.14. The van der Waals surface area contributed by atoms with Gasteiger partial charge in [-0.1, -0.05) is 12.8 Å². The van der Waals surface area contributed by atoms with E-state index in [1.165, 1.54) is 14.0 Å². The molecule has 0 radical (unpaired) electrons.